The maximum absolute atomic E-state index is 11.9. The summed E-state index contributed by atoms with van der Waals surface area (Å²) in [6.07, 6.45) is 2.96. The van der Waals surface area contributed by atoms with Crippen molar-refractivity contribution < 1.29 is 9.21 Å². The van der Waals surface area contributed by atoms with E-state index < -0.39 is 0 Å². The molecular formula is C14H12N4O2S. The lowest BCUT2D eigenvalue weighted by Gasteiger charge is -1.93. The van der Waals surface area contributed by atoms with Crippen LogP contribution < -0.4 is 5.43 Å². The van der Waals surface area contributed by atoms with Crippen LogP contribution in [-0.4, -0.2) is 22.3 Å². The number of hydrogen-bond donors (Lipinski definition) is 2. The number of carbonyl (C=O) groups excluding carboxylic acids is 1. The van der Waals surface area contributed by atoms with Gasteiger partial charge < -0.3 is 4.42 Å². The van der Waals surface area contributed by atoms with Crippen LogP contribution in [0.15, 0.2) is 46.1 Å². The summed E-state index contributed by atoms with van der Waals surface area (Å²) in [6, 6.07) is 9.19. The molecule has 3 aromatic heterocycles. The second-order valence-corrected chi connectivity index (χ2v) is 5.58. The lowest BCUT2D eigenvalue weighted by molar-refractivity contribution is 0.0950. The molecule has 2 N–H and O–H groups in total. The van der Waals surface area contributed by atoms with Crippen LogP contribution in [0.1, 0.15) is 21.1 Å². The summed E-state index contributed by atoms with van der Waals surface area (Å²) < 4.78 is 5.06. The predicted molar refractivity (Wildman–Crippen MR) is 80.4 cm³/mol. The summed E-state index contributed by atoms with van der Waals surface area (Å²) in [5.41, 5.74) is 3.50. The van der Waals surface area contributed by atoms with E-state index in [0.29, 0.717) is 5.76 Å². The quantitative estimate of drug-likeness (QED) is 0.574. The molecule has 6 nitrogen and oxygen atoms in total. The Morgan fingerprint density at radius 3 is 3.10 bits per heavy atom. The molecule has 3 rings (SSSR count). The van der Waals surface area contributed by atoms with Crippen LogP contribution in [0, 0.1) is 6.92 Å². The molecule has 0 aliphatic rings. The largest absolute Gasteiger partial charge is 0.463 e. The Hall–Kier alpha value is -2.67. The van der Waals surface area contributed by atoms with Crippen molar-refractivity contribution in [2.45, 2.75) is 6.92 Å². The van der Waals surface area contributed by atoms with Crippen LogP contribution >= 0.6 is 11.3 Å². The Morgan fingerprint density at radius 1 is 1.48 bits per heavy atom. The van der Waals surface area contributed by atoms with Crippen LogP contribution in [0.2, 0.25) is 0 Å². The van der Waals surface area contributed by atoms with Crippen LogP contribution in [0.3, 0.4) is 0 Å². The molecule has 1 amide bonds. The monoisotopic (exact) mass is 300 g/mol. The zero-order valence-electron chi connectivity index (χ0n) is 11.2. The normalized spacial score (nSPS) is 11.1. The minimum Gasteiger partial charge on any atom is -0.463 e. The van der Waals surface area contributed by atoms with E-state index in [-0.39, 0.29) is 11.6 Å². The fraction of sp³-hybridized carbons (Fsp3) is 0.0714. The third-order valence-corrected chi connectivity index (χ3v) is 3.75. The van der Waals surface area contributed by atoms with E-state index in [0.717, 1.165) is 10.6 Å². The average Bonchev–Trinajstić information content (AvgIpc) is 3.19. The predicted octanol–water partition coefficient (Wildman–Crippen LogP) is 2.80. The number of rotatable bonds is 4. The Kier molecular flexibility index (Phi) is 3.65. The Bertz CT molecular complexity index is 771. The molecule has 0 spiro atoms. The van der Waals surface area contributed by atoms with E-state index in [9.17, 15) is 4.79 Å². The third-order valence-electron chi connectivity index (χ3n) is 2.72. The molecule has 3 heterocycles. The van der Waals surface area contributed by atoms with E-state index in [1.54, 1.807) is 29.5 Å². The van der Waals surface area contributed by atoms with E-state index in [1.165, 1.54) is 17.4 Å². The average molecular weight is 300 g/mol. The van der Waals surface area contributed by atoms with E-state index in [2.05, 4.69) is 20.7 Å². The first-order chi connectivity index (χ1) is 10.2. The van der Waals surface area contributed by atoms with Crippen LogP contribution in [0.25, 0.3) is 10.6 Å². The molecule has 0 aliphatic carbocycles. The van der Waals surface area contributed by atoms with Gasteiger partial charge in [0.05, 0.1) is 23.0 Å². The highest BCUT2D eigenvalue weighted by atomic mass is 32.1. The molecule has 106 valence electrons. The van der Waals surface area contributed by atoms with Gasteiger partial charge in [0.25, 0.3) is 5.91 Å². The second-order valence-electron chi connectivity index (χ2n) is 4.29. The number of nitrogens with zero attached hydrogens (tertiary/aromatic N) is 2. The van der Waals surface area contributed by atoms with Crippen molar-refractivity contribution in [3.63, 3.8) is 0 Å². The molecule has 0 radical (unpaired) electrons. The first-order valence-corrected chi connectivity index (χ1v) is 7.03. The van der Waals surface area contributed by atoms with Crippen molar-refractivity contribution in [3.8, 4) is 10.6 Å². The summed E-state index contributed by atoms with van der Waals surface area (Å²) in [5.74, 6) is 0.181. The smallest absolute Gasteiger partial charge is 0.291 e. The van der Waals surface area contributed by atoms with Gasteiger partial charge in [-0.25, -0.2) is 5.43 Å². The fourth-order valence-corrected chi connectivity index (χ4v) is 2.55. The highest BCUT2D eigenvalue weighted by molar-refractivity contribution is 7.15. The number of aromatic nitrogens is 2. The summed E-state index contributed by atoms with van der Waals surface area (Å²) in [7, 11) is 0. The lowest BCUT2D eigenvalue weighted by atomic mass is 10.3. The van der Waals surface area contributed by atoms with Crippen molar-refractivity contribution in [1.29, 1.82) is 0 Å². The van der Waals surface area contributed by atoms with Gasteiger partial charge in [-0.2, -0.15) is 10.2 Å². The van der Waals surface area contributed by atoms with Gasteiger partial charge in [-0.05, 0) is 37.3 Å². The summed E-state index contributed by atoms with van der Waals surface area (Å²) in [5, 5.41) is 10.6. The molecule has 0 bridgehead atoms. The SMILES string of the molecule is Cc1ccc(-c2cc(C(=O)NN=Cc3ccco3)n[nH]2)s1. The van der Waals surface area contributed by atoms with E-state index in [4.69, 9.17) is 4.42 Å². The molecule has 3 aromatic rings. The number of aromatic amines is 1. The highest BCUT2D eigenvalue weighted by Gasteiger charge is 2.11. The third kappa shape index (κ3) is 3.09. The van der Waals surface area contributed by atoms with E-state index in [1.807, 2.05) is 19.1 Å². The van der Waals surface area contributed by atoms with Crippen LogP contribution in [0.5, 0.6) is 0 Å². The lowest BCUT2D eigenvalue weighted by Crippen LogP contribution is -2.17. The van der Waals surface area contributed by atoms with Gasteiger partial charge in [0.1, 0.15) is 5.76 Å². The zero-order chi connectivity index (χ0) is 14.7. The number of carbonyl (C=O) groups is 1. The number of aryl methyl sites for hydroxylation is 1. The minimum absolute atomic E-state index is 0.285. The van der Waals surface area contributed by atoms with Crippen LogP contribution in [-0.2, 0) is 0 Å². The Balaban J connectivity index is 1.67. The Labute approximate surface area is 124 Å². The van der Waals surface area contributed by atoms with Gasteiger partial charge in [0, 0.05) is 4.88 Å². The molecule has 21 heavy (non-hydrogen) atoms. The van der Waals surface area contributed by atoms with Crippen LogP contribution in [0.4, 0.5) is 0 Å². The maximum atomic E-state index is 11.9. The van der Waals surface area contributed by atoms with Gasteiger partial charge in [-0.15, -0.1) is 11.3 Å². The Morgan fingerprint density at radius 2 is 2.38 bits per heavy atom. The first kappa shape index (κ1) is 13.3. The maximum Gasteiger partial charge on any atom is 0.291 e. The number of hydrazone groups is 1. The van der Waals surface area contributed by atoms with Gasteiger partial charge in [-0.3, -0.25) is 9.89 Å². The zero-order valence-corrected chi connectivity index (χ0v) is 12.0. The molecule has 0 aromatic carbocycles. The van der Waals surface area contributed by atoms with Gasteiger partial charge in [-0.1, -0.05) is 0 Å². The topological polar surface area (TPSA) is 83.3 Å². The van der Waals surface area contributed by atoms with Crippen molar-refractivity contribution in [2.75, 3.05) is 0 Å². The second kappa shape index (κ2) is 5.76. The van der Waals surface area contributed by atoms with Crippen molar-refractivity contribution >= 4 is 23.5 Å². The van der Waals surface area contributed by atoms with E-state index >= 15 is 0 Å². The standard InChI is InChI=1S/C14H12N4O2S/c1-9-4-5-13(21-9)11-7-12(17-16-11)14(19)18-15-8-10-3-2-6-20-10/h2-8H,1H3,(H,16,17)(H,18,19). The molecule has 7 heteroatoms. The van der Waals surface area contributed by atoms with Gasteiger partial charge in [0.2, 0.25) is 0 Å². The fourth-order valence-electron chi connectivity index (χ4n) is 1.72. The molecule has 0 unspecified atom stereocenters. The van der Waals surface area contributed by atoms with Crippen molar-refractivity contribution in [1.82, 2.24) is 15.6 Å². The number of H-pyrrole nitrogens is 1. The van der Waals surface area contributed by atoms with Gasteiger partial charge in [0.15, 0.2) is 5.69 Å². The summed E-state index contributed by atoms with van der Waals surface area (Å²) >= 11 is 1.64. The highest BCUT2D eigenvalue weighted by Crippen LogP contribution is 2.26. The van der Waals surface area contributed by atoms with Crippen molar-refractivity contribution in [3.05, 3.63) is 52.9 Å². The first-order valence-electron chi connectivity index (χ1n) is 6.21. The van der Waals surface area contributed by atoms with Crippen molar-refractivity contribution in [2.24, 2.45) is 5.10 Å². The summed E-state index contributed by atoms with van der Waals surface area (Å²) in [4.78, 5) is 14.1. The molecular weight excluding hydrogens is 288 g/mol. The number of thiophene rings is 1. The molecule has 0 saturated heterocycles. The number of hydrogen-bond acceptors (Lipinski definition) is 5. The molecule has 0 saturated carbocycles. The number of amides is 1. The number of nitrogens with one attached hydrogen (secondary N) is 2. The molecule has 0 aliphatic heterocycles. The molecule has 0 atom stereocenters. The van der Waals surface area contributed by atoms with Gasteiger partial charge >= 0.3 is 0 Å². The molecule has 0 fully saturated rings. The number of furan rings is 1. The summed E-state index contributed by atoms with van der Waals surface area (Å²) in [6.45, 7) is 2.03. The minimum atomic E-state index is -0.381.